The second-order valence-corrected chi connectivity index (χ2v) is 3.69. The molecule has 2 aromatic rings. The molecule has 0 bridgehead atoms. The zero-order chi connectivity index (χ0) is 10.1. The van der Waals surface area contributed by atoms with Crippen LogP contribution in [0.1, 0.15) is 10.7 Å². The van der Waals surface area contributed by atoms with Gasteiger partial charge in [-0.3, -0.25) is 4.79 Å². The van der Waals surface area contributed by atoms with Crippen molar-refractivity contribution in [2.45, 2.75) is 13.3 Å². The largest absolute Gasteiger partial charge is 0.481 e. The summed E-state index contributed by atoms with van der Waals surface area (Å²) < 4.78 is 4.07. The molecule has 0 amide bonds. The number of carboxylic acids is 1. The van der Waals surface area contributed by atoms with E-state index in [-0.39, 0.29) is 6.42 Å². The van der Waals surface area contributed by atoms with Crippen LogP contribution >= 0.6 is 11.5 Å². The fourth-order valence-electron chi connectivity index (χ4n) is 1.14. The van der Waals surface area contributed by atoms with Crippen molar-refractivity contribution >= 4 is 28.5 Å². The van der Waals surface area contributed by atoms with E-state index < -0.39 is 5.97 Å². The molecule has 0 atom stereocenters. The lowest BCUT2D eigenvalue weighted by Crippen LogP contribution is -1.99. The van der Waals surface area contributed by atoms with Crippen LogP contribution in [0.25, 0.3) is 11.0 Å². The van der Waals surface area contributed by atoms with Crippen molar-refractivity contribution in [3.63, 3.8) is 0 Å². The van der Waals surface area contributed by atoms with Gasteiger partial charge in [-0.1, -0.05) is 0 Å². The highest BCUT2D eigenvalue weighted by Gasteiger charge is 2.11. The number of hydrogen-bond acceptors (Lipinski definition) is 5. The van der Waals surface area contributed by atoms with Crippen LogP contribution in [0, 0.1) is 6.92 Å². The summed E-state index contributed by atoms with van der Waals surface area (Å²) in [5, 5.41) is 8.65. The first-order valence-corrected chi connectivity index (χ1v) is 4.74. The summed E-state index contributed by atoms with van der Waals surface area (Å²) >= 11 is 1.17. The Morgan fingerprint density at radius 3 is 3.14 bits per heavy atom. The third kappa shape index (κ3) is 1.56. The van der Waals surface area contributed by atoms with Gasteiger partial charge in [0.25, 0.3) is 0 Å². The fourth-order valence-corrected chi connectivity index (χ4v) is 1.90. The van der Waals surface area contributed by atoms with Crippen LogP contribution in [-0.4, -0.2) is 25.4 Å². The van der Waals surface area contributed by atoms with Crippen molar-refractivity contribution in [2.75, 3.05) is 0 Å². The molecule has 5 nitrogen and oxygen atoms in total. The smallest absolute Gasteiger partial charge is 0.308 e. The molecule has 0 unspecified atom stereocenters. The molecule has 0 aliphatic rings. The van der Waals surface area contributed by atoms with Gasteiger partial charge in [-0.2, -0.15) is 4.37 Å². The fraction of sp³-hybridized carbons (Fsp3) is 0.250. The average Bonchev–Trinajstić information content (AvgIpc) is 2.47. The van der Waals surface area contributed by atoms with E-state index in [2.05, 4.69) is 14.3 Å². The number of fused-ring (bicyclic) bond motifs is 1. The third-order valence-corrected chi connectivity index (χ3v) is 2.57. The maximum atomic E-state index is 10.5. The first-order chi connectivity index (χ1) is 6.66. The summed E-state index contributed by atoms with van der Waals surface area (Å²) in [5.74, 6) is -0.240. The SMILES string of the molecule is Cc1ncc2nsc(CC(=O)O)c2n1. The van der Waals surface area contributed by atoms with Crippen molar-refractivity contribution in [2.24, 2.45) is 0 Å². The minimum atomic E-state index is -0.869. The van der Waals surface area contributed by atoms with Gasteiger partial charge in [0, 0.05) is 0 Å². The van der Waals surface area contributed by atoms with Gasteiger partial charge >= 0.3 is 5.97 Å². The number of rotatable bonds is 2. The van der Waals surface area contributed by atoms with Gasteiger partial charge in [0.2, 0.25) is 0 Å². The predicted molar refractivity (Wildman–Crippen MR) is 51.3 cm³/mol. The van der Waals surface area contributed by atoms with E-state index in [9.17, 15) is 4.79 Å². The Kier molecular flexibility index (Phi) is 2.12. The van der Waals surface area contributed by atoms with Crippen LogP contribution in [-0.2, 0) is 11.2 Å². The van der Waals surface area contributed by atoms with Crippen LogP contribution in [0.4, 0.5) is 0 Å². The molecule has 0 aliphatic heterocycles. The van der Waals surface area contributed by atoms with Crippen molar-refractivity contribution in [1.82, 2.24) is 14.3 Å². The Hall–Kier alpha value is -1.56. The van der Waals surface area contributed by atoms with Gasteiger partial charge in [-0.15, -0.1) is 0 Å². The lowest BCUT2D eigenvalue weighted by molar-refractivity contribution is -0.136. The molecule has 2 rings (SSSR count). The van der Waals surface area contributed by atoms with Crippen molar-refractivity contribution in [1.29, 1.82) is 0 Å². The lowest BCUT2D eigenvalue weighted by atomic mass is 10.3. The van der Waals surface area contributed by atoms with E-state index in [4.69, 9.17) is 5.11 Å². The molecule has 0 saturated carbocycles. The maximum absolute atomic E-state index is 10.5. The second kappa shape index (κ2) is 3.30. The molecule has 72 valence electrons. The number of hydrogen-bond donors (Lipinski definition) is 1. The van der Waals surface area contributed by atoms with Gasteiger partial charge in [-0.05, 0) is 18.5 Å². The Bertz CT molecular complexity index is 494. The number of carboxylic acid groups (broad SMARTS) is 1. The summed E-state index contributed by atoms with van der Waals surface area (Å²) in [6.45, 7) is 1.77. The van der Waals surface area contributed by atoms with E-state index in [0.717, 1.165) is 0 Å². The van der Waals surface area contributed by atoms with Crippen LogP contribution in [0.2, 0.25) is 0 Å². The van der Waals surface area contributed by atoms with E-state index in [0.29, 0.717) is 21.7 Å². The summed E-state index contributed by atoms with van der Waals surface area (Å²) in [6.07, 6.45) is 1.58. The molecule has 6 heteroatoms. The molecule has 14 heavy (non-hydrogen) atoms. The zero-order valence-corrected chi connectivity index (χ0v) is 8.21. The molecule has 2 heterocycles. The highest BCUT2D eigenvalue weighted by molar-refractivity contribution is 7.07. The summed E-state index contributed by atoms with van der Waals surface area (Å²) in [6, 6.07) is 0. The lowest BCUT2D eigenvalue weighted by Gasteiger charge is -1.93. The minimum Gasteiger partial charge on any atom is -0.481 e. The van der Waals surface area contributed by atoms with Gasteiger partial charge < -0.3 is 5.11 Å². The van der Waals surface area contributed by atoms with Gasteiger partial charge in [0.1, 0.15) is 16.9 Å². The number of aryl methyl sites for hydroxylation is 1. The van der Waals surface area contributed by atoms with Gasteiger partial charge in [0.05, 0.1) is 17.5 Å². The van der Waals surface area contributed by atoms with E-state index >= 15 is 0 Å². The molecule has 1 N–H and O–H groups in total. The number of aromatic nitrogens is 3. The Morgan fingerprint density at radius 1 is 1.64 bits per heavy atom. The number of nitrogens with zero attached hydrogens (tertiary/aromatic N) is 3. The first kappa shape index (κ1) is 9.01. The van der Waals surface area contributed by atoms with Crippen LogP contribution in [0.15, 0.2) is 6.20 Å². The molecule has 0 aliphatic carbocycles. The predicted octanol–water partition coefficient (Wildman–Crippen LogP) is 1.02. The molecule has 0 spiro atoms. The number of aliphatic carboxylic acids is 1. The molecule has 2 aromatic heterocycles. The minimum absolute atomic E-state index is 0.0301. The Morgan fingerprint density at radius 2 is 2.43 bits per heavy atom. The monoisotopic (exact) mass is 209 g/mol. The molecular weight excluding hydrogens is 202 g/mol. The first-order valence-electron chi connectivity index (χ1n) is 3.96. The van der Waals surface area contributed by atoms with E-state index in [1.54, 1.807) is 13.1 Å². The number of carbonyl (C=O) groups is 1. The quantitative estimate of drug-likeness (QED) is 0.799. The Balaban J connectivity index is 2.55. The maximum Gasteiger partial charge on any atom is 0.308 e. The normalized spacial score (nSPS) is 10.6. The third-order valence-electron chi connectivity index (χ3n) is 1.72. The molecule has 0 fully saturated rings. The van der Waals surface area contributed by atoms with Crippen molar-refractivity contribution < 1.29 is 9.90 Å². The van der Waals surface area contributed by atoms with Crippen molar-refractivity contribution in [3.8, 4) is 0 Å². The highest BCUT2D eigenvalue weighted by atomic mass is 32.1. The topological polar surface area (TPSA) is 76.0 Å². The second-order valence-electron chi connectivity index (χ2n) is 2.83. The van der Waals surface area contributed by atoms with Gasteiger partial charge in [-0.25, -0.2) is 9.97 Å². The van der Waals surface area contributed by atoms with Crippen LogP contribution in [0.5, 0.6) is 0 Å². The average molecular weight is 209 g/mol. The summed E-state index contributed by atoms with van der Waals surface area (Å²) in [5.41, 5.74) is 1.32. The summed E-state index contributed by atoms with van der Waals surface area (Å²) in [4.78, 5) is 19.4. The standard InChI is InChI=1S/C8H7N3O2S/c1-4-9-3-5-8(10-4)6(14-11-5)2-7(12)13/h3H,2H2,1H3,(H,12,13). The molecular formula is C8H7N3O2S. The van der Waals surface area contributed by atoms with E-state index in [1.165, 1.54) is 11.5 Å². The van der Waals surface area contributed by atoms with E-state index in [1.807, 2.05) is 0 Å². The van der Waals surface area contributed by atoms with Crippen LogP contribution < -0.4 is 0 Å². The summed E-state index contributed by atoms with van der Waals surface area (Å²) in [7, 11) is 0. The highest BCUT2D eigenvalue weighted by Crippen LogP contribution is 2.20. The molecule has 0 radical (unpaired) electrons. The molecule has 0 saturated heterocycles. The Labute approximate surface area is 83.6 Å². The van der Waals surface area contributed by atoms with Gasteiger partial charge in [0.15, 0.2) is 0 Å². The molecule has 0 aromatic carbocycles. The zero-order valence-electron chi connectivity index (χ0n) is 7.39. The van der Waals surface area contributed by atoms with Crippen LogP contribution in [0.3, 0.4) is 0 Å². The van der Waals surface area contributed by atoms with Crippen molar-refractivity contribution in [3.05, 3.63) is 16.9 Å².